The van der Waals surface area contributed by atoms with Gasteiger partial charge in [0, 0.05) is 32.1 Å². The highest BCUT2D eigenvalue weighted by Gasteiger charge is 2.35. The summed E-state index contributed by atoms with van der Waals surface area (Å²) in [6.45, 7) is 8.78. The highest BCUT2D eigenvalue weighted by Crippen LogP contribution is 2.31. The Morgan fingerprint density at radius 2 is 1.76 bits per heavy atom. The molecule has 2 amide bonds. The largest absolute Gasteiger partial charge is 0.444 e. The number of carbonyl (C=O) groups excluding carboxylic acids is 2. The zero-order valence-electron chi connectivity index (χ0n) is 15.6. The topological polar surface area (TPSA) is 84.7 Å². The summed E-state index contributed by atoms with van der Waals surface area (Å²) in [6.07, 6.45) is 1.11. The third-order valence-corrected chi connectivity index (χ3v) is 4.38. The van der Waals surface area contributed by atoms with Gasteiger partial charge in [-0.1, -0.05) is 24.3 Å². The molecule has 2 rings (SSSR count). The number of carbonyl (C=O) groups is 2. The van der Waals surface area contributed by atoms with Gasteiger partial charge in [-0.15, -0.1) is 0 Å². The molecule has 3 N–H and O–H groups in total. The molecule has 0 radical (unpaired) electrons. The van der Waals surface area contributed by atoms with E-state index >= 15 is 0 Å². The number of ether oxygens (including phenoxy) is 1. The van der Waals surface area contributed by atoms with Crippen molar-refractivity contribution in [3.05, 3.63) is 35.4 Å². The van der Waals surface area contributed by atoms with E-state index in [2.05, 4.69) is 5.32 Å². The van der Waals surface area contributed by atoms with Crippen LogP contribution in [0.2, 0.25) is 0 Å². The standard InChI is InChI=1S/C19H29N3O3/c1-14(23)21-13-15-5-7-16(8-6-15)19(20)9-11-22(12-10-19)17(24)25-18(2,3)4/h5-8H,9-13,20H2,1-4H3,(H,21,23). The average molecular weight is 347 g/mol. The lowest BCUT2D eigenvalue weighted by molar-refractivity contribution is -0.119. The van der Waals surface area contributed by atoms with Crippen molar-refractivity contribution in [2.24, 2.45) is 5.73 Å². The molecular formula is C19H29N3O3. The van der Waals surface area contributed by atoms with Crippen molar-refractivity contribution in [2.75, 3.05) is 13.1 Å². The fraction of sp³-hybridized carbons (Fsp3) is 0.579. The van der Waals surface area contributed by atoms with E-state index in [9.17, 15) is 9.59 Å². The van der Waals surface area contributed by atoms with E-state index in [4.69, 9.17) is 10.5 Å². The highest BCUT2D eigenvalue weighted by molar-refractivity contribution is 5.72. The molecule has 1 saturated heterocycles. The summed E-state index contributed by atoms with van der Waals surface area (Å²) in [7, 11) is 0. The lowest BCUT2D eigenvalue weighted by Gasteiger charge is -2.40. The number of likely N-dealkylation sites (tertiary alicyclic amines) is 1. The summed E-state index contributed by atoms with van der Waals surface area (Å²) in [5, 5.41) is 2.78. The fourth-order valence-corrected chi connectivity index (χ4v) is 2.88. The molecule has 1 aromatic carbocycles. The van der Waals surface area contributed by atoms with Crippen LogP contribution in [0.3, 0.4) is 0 Å². The van der Waals surface area contributed by atoms with Crippen LogP contribution in [0.25, 0.3) is 0 Å². The molecule has 0 atom stereocenters. The molecule has 0 aromatic heterocycles. The third kappa shape index (κ3) is 5.46. The van der Waals surface area contributed by atoms with Crippen LogP contribution < -0.4 is 11.1 Å². The number of nitrogens with zero attached hydrogens (tertiary/aromatic N) is 1. The predicted octanol–water partition coefficient (Wildman–Crippen LogP) is 2.51. The first-order valence-electron chi connectivity index (χ1n) is 8.70. The average Bonchev–Trinajstić information content (AvgIpc) is 2.52. The van der Waals surface area contributed by atoms with Crippen LogP contribution in [-0.2, 0) is 21.6 Å². The van der Waals surface area contributed by atoms with Gasteiger partial charge < -0.3 is 20.7 Å². The summed E-state index contributed by atoms with van der Waals surface area (Å²) in [5.74, 6) is -0.0473. The van der Waals surface area contributed by atoms with Crippen molar-refractivity contribution in [3.63, 3.8) is 0 Å². The van der Waals surface area contributed by atoms with Gasteiger partial charge in [0.25, 0.3) is 0 Å². The second-order valence-electron chi connectivity index (χ2n) is 7.73. The molecule has 1 aliphatic rings. The number of nitrogens with one attached hydrogen (secondary N) is 1. The number of benzene rings is 1. The van der Waals surface area contributed by atoms with Gasteiger partial charge >= 0.3 is 6.09 Å². The van der Waals surface area contributed by atoms with Crippen LogP contribution in [0.1, 0.15) is 51.7 Å². The van der Waals surface area contributed by atoms with Gasteiger partial charge in [0.2, 0.25) is 5.91 Å². The van der Waals surface area contributed by atoms with Crippen molar-refractivity contribution in [2.45, 2.75) is 58.2 Å². The van der Waals surface area contributed by atoms with Crippen LogP contribution in [-0.4, -0.2) is 35.6 Å². The van der Waals surface area contributed by atoms with Crippen molar-refractivity contribution < 1.29 is 14.3 Å². The second kappa shape index (κ2) is 7.44. The van der Waals surface area contributed by atoms with Gasteiger partial charge in [-0.2, -0.15) is 0 Å². The maximum Gasteiger partial charge on any atom is 0.410 e. The molecule has 6 heteroatoms. The van der Waals surface area contributed by atoms with Crippen molar-refractivity contribution >= 4 is 12.0 Å². The first-order chi connectivity index (χ1) is 11.6. The molecule has 0 bridgehead atoms. The lowest BCUT2D eigenvalue weighted by Crippen LogP contribution is -2.50. The summed E-state index contributed by atoms with van der Waals surface area (Å²) in [5.41, 5.74) is 7.76. The van der Waals surface area contributed by atoms with Gasteiger partial charge in [0.05, 0.1) is 0 Å². The molecule has 0 unspecified atom stereocenters. The molecule has 0 saturated carbocycles. The maximum absolute atomic E-state index is 12.2. The van der Waals surface area contributed by atoms with E-state index in [1.54, 1.807) is 4.90 Å². The fourth-order valence-electron chi connectivity index (χ4n) is 2.88. The number of amides is 2. The number of hydrogen-bond acceptors (Lipinski definition) is 4. The smallest absolute Gasteiger partial charge is 0.410 e. The Bertz CT molecular complexity index is 612. The summed E-state index contributed by atoms with van der Waals surface area (Å²) in [6, 6.07) is 8.00. The molecule has 1 aliphatic heterocycles. The summed E-state index contributed by atoms with van der Waals surface area (Å²) >= 11 is 0. The van der Waals surface area contributed by atoms with E-state index in [1.165, 1.54) is 6.92 Å². The third-order valence-electron chi connectivity index (χ3n) is 4.38. The Morgan fingerprint density at radius 3 is 2.24 bits per heavy atom. The number of rotatable bonds is 3. The van der Waals surface area contributed by atoms with Crippen molar-refractivity contribution in [1.29, 1.82) is 0 Å². The normalized spacial score (nSPS) is 17.1. The van der Waals surface area contributed by atoms with E-state index in [1.807, 2.05) is 45.0 Å². The Kier molecular flexibility index (Phi) is 5.72. The van der Waals surface area contributed by atoms with Crippen LogP contribution >= 0.6 is 0 Å². The zero-order valence-corrected chi connectivity index (χ0v) is 15.6. The van der Waals surface area contributed by atoms with Gasteiger partial charge in [0.15, 0.2) is 0 Å². The molecule has 1 aromatic rings. The van der Waals surface area contributed by atoms with Gasteiger partial charge in [-0.25, -0.2) is 4.79 Å². The monoisotopic (exact) mass is 347 g/mol. The molecule has 1 fully saturated rings. The molecule has 25 heavy (non-hydrogen) atoms. The zero-order chi connectivity index (χ0) is 18.7. The molecule has 1 heterocycles. The van der Waals surface area contributed by atoms with Crippen molar-refractivity contribution in [3.8, 4) is 0 Å². The van der Waals surface area contributed by atoms with Gasteiger partial charge in [0.1, 0.15) is 5.60 Å². The quantitative estimate of drug-likeness (QED) is 0.880. The lowest BCUT2D eigenvalue weighted by atomic mass is 9.82. The number of hydrogen-bond donors (Lipinski definition) is 2. The predicted molar refractivity (Wildman–Crippen MR) is 96.9 cm³/mol. The maximum atomic E-state index is 12.2. The van der Waals surface area contributed by atoms with Crippen molar-refractivity contribution in [1.82, 2.24) is 10.2 Å². The minimum atomic E-state index is -0.488. The van der Waals surface area contributed by atoms with Crippen LogP contribution in [0.15, 0.2) is 24.3 Å². The molecule has 6 nitrogen and oxygen atoms in total. The Labute approximate surface area is 149 Å². The molecule has 138 valence electrons. The molecular weight excluding hydrogens is 318 g/mol. The number of piperidine rings is 1. The van der Waals surface area contributed by atoms with Crippen LogP contribution in [0.4, 0.5) is 4.79 Å². The Morgan fingerprint density at radius 1 is 1.20 bits per heavy atom. The SMILES string of the molecule is CC(=O)NCc1ccc(C2(N)CCN(C(=O)OC(C)(C)C)CC2)cc1. The summed E-state index contributed by atoms with van der Waals surface area (Å²) in [4.78, 5) is 24.9. The number of nitrogens with two attached hydrogens (primary N) is 1. The Balaban J connectivity index is 1.95. The van der Waals surface area contributed by atoms with Crippen LogP contribution in [0.5, 0.6) is 0 Å². The first-order valence-corrected chi connectivity index (χ1v) is 8.70. The second-order valence-corrected chi connectivity index (χ2v) is 7.73. The molecule has 0 aliphatic carbocycles. The Hall–Kier alpha value is -2.08. The minimum absolute atomic E-state index is 0.0473. The van der Waals surface area contributed by atoms with Gasteiger partial charge in [-0.3, -0.25) is 4.79 Å². The van der Waals surface area contributed by atoms with E-state index in [-0.39, 0.29) is 12.0 Å². The minimum Gasteiger partial charge on any atom is -0.444 e. The van der Waals surface area contributed by atoms with Crippen LogP contribution in [0, 0.1) is 0 Å². The van der Waals surface area contributed by atoms with E-state index in [0.29, 0.717) is 32.5 Å². The van der Waals surface area contributed by atoms with E-state index in [0.717, 1.165) is 11.1 Å². The first kappa shape index (κ1) is 19.2. The van der Waals surface area contributed by atoms with Gasteiger partial charge in [-0.05, 0) is 44.7 Å². The summed E-state index contributed by atoms with van der Waals surface area (Å²) < 4.78 is 5.42. The van der Waals surface area contributed by atoms with E-state index < -0.39 is 11.1 Å². The highest BCUT2D eigenvalue weighted by atomic mass is 16.6. The molecule has 0 spiro atoms.